The molecule has 102 valence electrons. The lowest BCUT2D eigenvalue weighted by atomic mass is 9.63. The molecule has 18 heavy (non-hydrogen) atoms. The van der Waals surface area contributed by atoms with Crippen molar-refractivity contribution in [2.75, 3.05) is 0 Å². The number of rotatable bonds is 3. The molecule has 3 rings (SSSR count). The SMILES string of the molecule is CC1(C)C(N)CC1NC(=O)CC1CC2CCC1C2. The zero-order valence-electron chi connectivity index (χ0n) is 11.6. The zero-order chi connectivity index (χ0) is 12.9. The first kappa shape index (κ1) is 12.5. The minimum Gasteiger partial charge on any atom is -0.353 e. The van der Waals surface area contributed by atoms with Crippen molar-refractivity contribution in [3.05, 3.63) is 0 Å². The average molecular weight is 250 g/mol. The fourth-order valence-corrected chi connectivity index (χ4v) is 4.32. The predicted octanol–water partition coefficient (Wildman–Crippen LogP) is 2.05. The van der Waals surface area contributed by atoms with Crippen LogP contribution in [-0.2, 0) is 4.79 Å². The molecule has 0 saturated heterocycles. The van der Waals surface area contributed by atoms with Crippen LogP contribution in [0.15, 0.2) is 0 Å². The first-order valence-corrected chi connectivity index (χ1v) is 7.51. The number of nitrogens with one attached hydrogen (secondary N) is 1. The largest absolute Gasteiger partial charge is 0.353 e. The second-order valence-corrected chi connectivity index (χ2v) is 7.42. The first-order valence-electron chi connectivity index (χ1n) is 7.51. The Kier molecular flexibility index (Phi) is 2.92. The molecule has 3 saturated carbocycles. The molecule has 0 aromatic carbocycles. The third-order valence-electron chi connectivity index (χ3n) is 6.01. The van der Waals surface area contributed by atoms with Gasteiger partial charge in [-0.1, -0.05) is 20.3 Å². The normalized spacial score (nSPS) is 44.7. The zero-order valence-corrected chi connectivity index (χ0v) is 11.6. The molecular formula is C15H26N2O. The van der Waals surface area contributed by atoms with Gasteiger partial charge in [0.1, 0.15) is 0 Å². The number of hydrogen-bond acceptors (Lipinski definition) is 2. The Morgan fingerprint density at radius 2 is 2.06 bits per heavy atom. The van der Waals surface area contributed by atoms with Crippen molar-refractivity contribution >= 4 is 5.91 Å². The fraction of sp³-hybridized carbons (Fsp3) is 0.933. The molecule has 3 nitrogen and oxygen atoms in total. The number of carbonyl (C=O) groups excluding carboxylic acids is 1. The maximum Gasteiger partial charge on any atom is 0.220 e. The Hall–Kier alpha value is -0.570. The van der Waals surface area contributed by atoms with Gasteiger partial charge in [-0.05, 0) is 43.4 Å². The Morgan fingerprint density at radius 3 is 2.56 bits per heavy atom. The summed E-state index contributed by atoms with van der Waals surface area (Å²) < 4.78 is 0. The van der Waals surface area contributed by atoms with Crippen LogP contribution in [0.1, 0.15) is 52.4 Å². The molecule has 3 aliphatic rings. The van der Waals surface area contributed by atoms with Crippen molar-refractivity contribution in [3.8, 4) is 0 Å². The van der Waals surface area contributed by atoms with Gasteiger partial charge >= 0.3 is 0 Å². The van der Waals surface area contributed by atoms with E-state index in [1.807, 2.05) is 0 Å². The second kappa shape index (κ2) is 4.22. The number of nitrogens with two attached hydrogens (primary N) is 1. The van der Waals surface area contributed by atoms with Gasteiger partial charge in [0.2, 0.25) is 5.91 Å². The van der Waals surface area contributed by atoms with Gasteiger partial charge in [-0.2, -0.15) is 0 Å². The Labute approximate surface area is 110 Å². The van der Waals surface area contributed by atoms with E-state index in [2.05, 4.69) is 19.2 Å². The summed E-state index contributed by atoms with van der Waals surface area (Å²) in [6, 6.07) is 0.531. The van der Waals surface area contributed by atoms with Crippen molar-refractivity contribution in [3.63, 3.8) is 0 Å². The van der Waals surface area contributed by atoms with Crippen molar-refractivity contribution in [2.45, 2.75) is 64.5 Å². The molecule has 0 aliphatic heterocycles. The summed E-state index contributed by atoms with van der Waals surface area (Å²) in [5.74, 6) is 2.71. The highest BCUT2D eigenvalue weighted by atomic mass is 16.1. The standard InChI is InChI=1S/C15H26N2O/c1-15(2)12(16)8-13(15)17-14(18)7-11-6-9-3-4-10(11)5-9/h9-13H,3-8,16H2,1-2H3,(H,17,18). The minimum absolute atomic E-state index is 0.0738. The number of fused-ring (bicyclic) bond motifs is 2. The Morgan fingerprint density at radius 1 is 1.28 bits per heavy atom. The van der Waals surface area contributed by atoms with Crippen molar-refractivity contribution in [2.24, 2.45) is 28.9 Å². The highest BCUT2D eigenvalue weighted by Gasteiger charge is 2.47. The van der Waals surface area contributed by atoms with Crippen LogP contribution in [0.2, 0.25) is 0 Å². The summed E-state index contributed by atoms with van der Waals surface area (Å²) in [6.45, 7) is 4.31. The van der Waals surface area contributed by atoms with E-state index in [4.69, 9.17) is 5.73 Å². The van der Waals surface area contributed by atoms with Gasteiger partial charge in [0.05, 0.1) is 0 Å². The minimum atomic E-state index is 0.0738. The van der Waals surface area contributed by atoms with Crippen molar-refractivity contribution in [1.29, 1.82) is 0 Å². The molecule has 3 aliphatic carbocycles. The molecule has 5 unspecified atom stereocenters. The third kappa shape index (κ3) is 1.97. The highest BCUT2D eigenvalue weighted by Crippen LogP contribution is 2.49. The fourth-order valence-electron chi connectivity index (χ4n) is 4.32. The average Bonchev–Trinajstić information content (AvgIpc) is 2.90. The Bertz CT molecular complexity index is 346. The molecule has 3 fully saturated rings. The van der Waals surface area contributed by atoms with E-state index < -0.39 is 0 Å². The third-order valence-corrected chi connectivity index (χ3v) is 6.01. The maximum atomic E-state index is 12.1. The summed E-state index contributed by atoms with van der Waals surface area (Å²) in [5, 5.41) is 3.20. The van der Waals surface area contributed by atoms with Crippen LogP contribution in [0, 0.1) is 23.2 Å². The van der Waals surface area contributed by atoms with E-state index in [-0.39, 0.29) is 17.4 Å². The number of amides is 1. The second-order valence-electron chi connectivity index (χ2n) is 7.42. The van der Waals surface area contributed by atoms with Gasteiger partial charge in [-0.25, -0.2) is 0 Å². The van der Waals surface area contributed by atoms with E-state index >= 15 is 0 Å². The molecule has 3 N–H and O–H groups in total. The van der Waals surface area contributed by atoms with Crippen LogP contribution in [0.4, 0.5) is 0 Å². The Balaban J connectivity index is 1.48. The molecule has 1 amide bonds. The lowest BCUT2D eigenvalue weighted by Crippen LogP contribution is -2.64. The molecule has 0 heterocycles. The predicted molar refractivity (Wildman–Crippen MR) is 71.9 cm³/mol. The molecule has 5 atom stereocenters. The van der Waals surface area contributed by atoms with Crippen molar-refractivity contribution in [1.82, 2.24) is 5.32 Å². The van der Waals surface area contributed by atoms with Gasteiger partial charge in [0, 0.05) is 23.9 Å². The van der Waals surface area contributed by atoms with E-state index in [0.717, 1.165) is 24.7 Å². The number of hydrogen-bond donors (Lipinski definition) is 2. The monoisotopic (exact) mass is 250 g/mol. The first-order chi connectivity index (χ1) is 8.46. The summed E-state index contributed by atoms with van der Waals surface area (Å²) in [6.07, 6.45) is 7.15. The maximum absolute atomic E-state index is 12.1. The summed E-state index contributed by atoms with van der Waals surface area (Å²) >= 11 is 0. The quantitative estimate of drug-likeness (QED) is 0.805. The summed E-state index contributed by atoms with van der Waals surface area (Å²) in [5.41, 5.74) is 6.06. The van der Waals surface area contributed by atoms with Crippen LogP contribution in [0.3, 0.4) is 0 Å². The van der Waals surface area contributed by atoms with Gasteiger partial charge in [0.15, 0.2) is 0 Å². The lowest BCUT2D eigenvalue weighted by Gasteiger charge is -2.50. The molecule has 0 aromatic heterocycles. The van der Waals surface area contributed by atoms with E-state index in [1.54, 1.807) is 0 Å². The van der Waals surface area contributed by atoms with Crippen LogP contribution >= 0.6 is 0 Å². The topological polar surface area (TPSA) is 55.1 Å². The van der Waals surface area contributed by atoms with Gasteiger partial charge in [-0.15, -0.1) is 0 Å². The van der Waals surface area contributed by atoms with Crippen LogP contribution in [-0.4, -0.2) is 18.0 Å². The smallest absolute Gasteiger partial charge is 0.220 e. The molecule has 2 bridgehead atoms. The molecule has 3 heteroatoms. The summed E-state index contributed by atoms with van der Waals surface area (Å²) in [4.78, 5) is 12.1. The van der Waals surface area contributed by atoms with E-state index in [1.165, 1.54) is 25.7 Å². The van der Waals surface area contributed by atoms with Crippen LogP contribution in [0.5, 0.6) is 0 Å². The highest BCUT2D eigenvalue weighted by molar-refractivity contribution is 5.77. The van der Waals surface area contributed by atoms with Gasteiger partial charge in [0.25, 0.3) is 0 Å². The lowest BCUT2D eigenvalue weighted by molar-refractivity contribution is -0.125. The molecule has 0 spiro atoms. The van der Waals surface area contributed by atoms with E-state index in [0.29, 0.717) is 12.0 Å². The molecular weight excluding hydrogens is 224 g/mol. The number of carbonyl (C=O) groups is 1. The molecule has 0 radical (unpaired) electrons. The van der Waals surface area contributed by atoms with Crippen LogP contribution in [0.25, 0.3) is 0 Å². The van der Waals surface area contributed by atoms with E-state index in [9.17, 15) is 4.79 Å². The van der Waals surface area contributed by atoms with Gasteiger partial charge < -0.3 is 11.1 Å². The van der Waals surface area contributed by atoms with Gasteiger partial charge in [-0.3, -0.25) is 4.79 Å². The molecule has 0 aromatic rings. The van der Waals surface area contributed by atoms with Crippen LogP contribution < -0.4 is 11.1 Å². The van der Waals surface area contributed by atoms with Crippen molar-refractivity contribution < 1.29 is 4.79 Å². The summed E-state index contributed by atoms with van der Waals surface area (Å²) in [7, 11) is 0.